The molecule has 0 saturated carbocycles. The Morgan fingerprint density at radius 1 is 1.42 bits per heavy atom. The third kappa shape index (κ3) is 2.72. The molecule has 0 spiro atoms. The van der Waals surface area contributed by atoms with E-state index in [1.54, 1.807) is 6.92 Å². The number of hydrogen-bond acceptors (Lipinski definition) is 6. The molecule has 1 aromatic rings. The number of rotatable bonds is 3. The highest BCUT2D eigenvalue weighted by Gasteiger charge is 2.30. The molecule has 2 N–H and O–H groups in total. The molecule has 0 aromatic carbocycles. The van der Waals surface area contributed by atoms with Crippen LogP contribution in [0.3, 0.4) is 0 Å². The summed E-state index contributed by atoms with van der Waals surface area (Å²) in [7, 11) is -3.32. The normalized spacial score (nSPS) is 24.7. The Balaban J connectivity index is 2.37. The van der Waals surface area contributed by atoms with Gasteiger partial charge in [0.15, 0.2) is 15.7 Å². The van der Waals surface area contributed by atoms with Crippen LogP contribution in [-0.4, -0.2) is 31.6 Å². The lowest BCUT2D eigenvalue weighted by molar-refractivity contribution is 0.324. The van der Waals surface area contributed by atoms with Crippen LogP contribution < -0.4 is 10.6 Å². The van der Waals surface area contributed by atoms with Gasteiger partial charge < -0.3 is 10.6 Å². The largest absolute Gasteiger partial charge is 0.382 e. The minimum absolute atomic E-state index is 0.0579. The second-order valence-electron chi connectivity index (χ2n) is 5.29. The molecule has 2 atom stereocenters. The van der Waals surface area contributed by atoms with Gasteiger partial charge in [0.05, 0.1) is 5.75 Å². The Morgan fingerprint density at radius 3 is 2.68 bits per heavy atom. The molecule has 5 nitrogen and oxygen atoms in total. The first kappa shape index (κ1) is 14.6. The van der Waals surface area contributed by atoms with E-state index in [9.17, 15) is 8.42 Å². The third-order valence-corrected chi connectivity index (χ3v) is 6.81. The monoisotopic (exact) mass is 303 g/mol. The number of nitrogens with two attached hydrogens (primary N) is 1. The Labute approximate surface area is 118 Å². The number of anilines is 2. The predicted molar refractivity (Wildman–Crippen MR) is 79.4 cm³/mol. The van der Waals surface area contributed by atoms with E-state index in [-0.39, 0.29) is 16.5 Å². The number of piperidine rings is 1. The maximum absolute atomic E-state index is 12.2. The van der Waals surface area contributed by atoms with E-state index in [4.69, 9.17) is 5.73 Å². The molecule has 1 aliphatic rings. The highest BCUT2D eigenvalue weighted by Crippen LogP contribution is 2.38. The molecule has 1 aromatic heterocycles. The summed E-state index contributed by atoms with van der Waals surface area (Å²) in [6.45, 7) is 7.83. The van der Waals surface area contributed by atoms with Crippen molar-refractivity contribution in [2.75, 3.05) is 29.5 Å². The van der Waals surface area contributed by atoms with E-state index in [1.807, 2.05) is 0 Å². The minimum atomic E-state index is -3.32. The molecule has 0 bridgehead atoms. The molecule has 2 unspecified atom stereocenters. The Morgan fingerprint density at radius 2 is 2.11 bits per heavy atom. The molecule has 0 amide bonds. The van der Waals surface area contributed by atoms with Crippen molar-refractivity contribution in [3.63, 3.8) is 0 Å². The van der Waals surface area contributed by atoms with Gasteiger partial charge in [0.1, 0.15) is 9.90 Å². The first-order valence-electron chi connectivity index (χ1n) is 6.59. The predicted octanol–water partition coefficient (Wildman–Crippen LogP) is 2.00. The minimum Gasteiger partial charge on any atom is -0.382 e. The molecule has 2 rings (SSSR count). The zero-order valence-corrected chi connectivity index (χ0v) is 13.2. The van der Waals surface area contributed by atoms with E-state index in [2.05, 4.69) is 23.1 Å². The summed E-state index contributed by atoms with van der Waals surface area (Å²) in [5, 5.41) is 0.720. The van der Waals surface area contributed by atoms with Crippen LogP contribution in [0.25, 0.3) is 0 Å². The van der Waals surface area contributed by atoms with Crippen molar-refractivity contribution in [2.24, 2.45) is 11.8 Å². The van der Waals surface area contributed by atoms with Gasteiger partial charge in [0.25, 0.3) is 0 Å². The van der Waals surface area contributed by atoms with Crippen LogP contribution in [0.5, 0.6) is 0 Å². The van der Waals surface area contributed by atoms with Gasteiger partial charge in [-0.3, -0.25) is 0 Å². The zero-order chi connectivity index (χ0) is 14.2. The fourth-order valence-electron chi connectivity index (χ4n) is 2.37. The number of nitrogens with zero attached hydrogens (tertiary/aromatic N) is 2. The van der Waals surface area contributed by atoms with E-state index in [0.717, 1.165) is 24.5 Å². The Kier molecular flexibility index (Phi) is 4.06. The molecule has 108 valence electrons. The molecule has 1 saturated heterocycles. The maximum Gasteiger partial charge on any atom is 0.184 e. The van der Waals surface area contributed by atoms with Gasteiger partial charge in [-0.1, -0.05) is 20.8 Å². The highest BCUT2D eigenvalue weighted by molar-refractivity contribution is 7.91. The summed E-state index contributed by atoms with van der Waals surface area (Å²) in [5.74, 6) is 1.43. The summed E-state index contributed by atoms with van der Waals surface area (Å²) in [4.78, 5) is 2.36. The smallest absolute Gasteiger partial charge is 0.184 e. The fraction of sp³-hybridized carbons (Fsp3) is 0.750. The number of nitrogen functional groups attached to an aromatic ring is 1. The van der Waals surface area contributed by atoms with Crippen LogP contribution in [0, 0.1) is 11.8 Å². The fourth-order valence-corrected chi connectivity index (χ4v) is 4.71. The van der Waals surface area contributed by atoms with Gasteiger partial charge in [-0.15, -0.1) is 0 Å². The summed E-state index contributed by atoms with van der Waals surface area (Å²) in [5.41, 5.74) is 5.77. The summed E-state index contributed by atoms with van der Waals surface area (Å²) in [6.07, 6.45) is 1.07. The van der Waals surface area contributed by atoms with Crippen molar-refractivity contribution in [1.29, 1.82) is 0 Å². The number of aromatic nitrogens is 1. The van der Waals surface area contributed by atoms with E-state index in [1.165, 1.54) is 11.5 Å². The molecule has 2 heterocycles. The molecule has 7 heteroatoms. The van der Waals surface area contributed by atoms with Crippen molar-refractivity contribution >= 4 is 32.2 Å². The number of hydrogen-bond donors (Lipinski definition) is 1. The second kappa shape index (κ2) is 5.28. The van der Waals surface area contributed by atoms with Crippen LogP contribution in [0.15, 0.2) is 4.90 Å². The third-order valence-electron chi connectivity index (χ3n) is 3.97. The van der Waals surface area contributed by atoms with Crippen LogP contribution in [0.4, 0.5) is 10.8 Å². The van der Waals surface area contributed by atoms with Crippen molar-refractivity contribution < 1.29 is 8.42 Å². The molecule has 19 heavy (non-hydrogen) atoms. The highest BCUT2D eigenvalue weighted by atomic mass is 32.2. The average Bonchev–Trinajstić information content (AvgIpc) is 2.75. The molecular weight excluding hydrogens is 282 g/mol. The standard InChI is InChI=1S/C12H21N3O2S2/c1-4-19(16,17)10-11(13)14-18-12(10)15-6-5-8(2)9(3)7-15/h8-9H,4-7H2,1-3H3,(H2,13,14). The van der Waals surface area contributed by atoms with E-state index in [0.29, 0.717) is 11.8 Å². The lowest BCUT2D eigenvalue weighted by atomic mass is 9.89. The lowest BCUT2D eigenvalue weighted by Crippen LogP contribution is -2.38. The maximum atomic E-state index is 12.2. The van der Waals surface area contributed by atoms with Gasteiger partial charge in [0.2, 0.25) is 0 Å². The zero-order valence-electron chi connectivity index (χ0n) is 11.6. The van der Waals surface area contributed by atoms with Crippen LogP contribution in [0.1, 0.15) is 27.2 Å². The topological polar surface area (TPSA) is 76.3 Å². The van der Waals surface area contributed by atoms with E-state index < -0.39 is 9.84 Å². The van der Waals surface area contributed by atoms with Gasteiger partial charge in [-0.05, 0) is 29.8 Å². The lowest BCUT2D eigenvalue weighted by Gasteiger charge is -2.36. The second-order valence-corrected chi connectivity index (χ2v) is 8.26. The molecule has 1 aliphatic heterocycles. The van der Waals surface area contributed by atoms with E-state index >= 15 is 0 Å². The SMILES string of the molecule is CCS(=O)(=O)c1c(N)nsc1N1CCC(C)C(C)C1. The van der Waals surface area contributed by atoms with Gasteiger partial charge in [-0.2, -0.15) is 4.37 Å². The average molecular weight is 303 g/mol. The van der Waals surface area contributed by atoms with Gasteiger partial charge >= 0.3 is 0 Å². The molecule has 0 aliphatic carbocycles. The summed E-state index contributed by atoms with van der Waals surface area (Å²) < 4.78 is 28.4. The molecule has 0 radical (unpaired) electrons. The first-order valence-corrected chi connectivity index (χ1v) is 9.02. The Bertz CT molecular complexity index is 553. The first-order chi connectivity index (χ1) is 8.86. The van der Waals surface area contributed by atoms with Crippen molar-refractivity contribution in [3.05, 3.63) is 0 Å². The van der Waals surface area contributed by atoms with Crippen LogP contribution >= 0.6 is 11.5 Å². The van der Waals surface area contributed by atoms with Crippen molar-refractivity contribution in [3.8, 4) is 0 Å². The van der Waals surface area contributed by atoms with Crippen molar-refractivity contribution in [2.45, 2.75) is 32.1 Å². The Hall–Kier alpha value is -0.820. The summed E-state index contributed by atoms with van der Waals surface area (Å²) >= 11 is 1.20. The molecular formula is C12H21N3O2S2. The van der Waals surface area contributed by atoms with Crippen LogP contribution in [-0.2, 0) is 9.84 Å². The molecule has 1 fully saturated rings. The number of sulfone groups is 1. The van der Waals surface area contributed by atoms with Gasteiger partial charge in [0, 0.05) is 13.1 Å². The summed E-state index contributed by atoms with van der Waals surface area (Å²) in [6, 6.07) is 0. The van der Waals surface area contributed by atoms with Gasteiger partial charge in [-0.25, -0.2) is 8.42 Å². The quantitative estimate of drug-likeness (QED) is 0.924. The van der Waals surface area contributed by atoms with Crippen molar-refractivity contribution in [1.82, 2.24) is 4.37 Å². The van der Waals surface area contributed by atoms with Crippen LogP contribution in [0.2, 0.25) is 0 Å².